The predicted molar refractivity (Wildman–Crippen MR) is 99.8 cm³/mol. The van der Waals surface area contributed by atoms with Crippen molar-refractivity contribution >= 4 is 17.7 Å². The fourth-order valence-electron chi connectivity index (χ4n) is 2.45. The number of anilines is 1. The first-order valence-electron chi connectivity index (χ1n) is 8.63. The molecule has 0 radical (unpaired) electrons. The highest BCUT2D eigenvalue weighted by molar-refractivity contribution is 6.07. The summed E-state index contributed by atoms with van der Waals surface area (Å²) < 4.78 is 5.34. The molecular formula is C19H24N4O4. The van der Waals surface area contributed by atoms with E-state index >= 15 is 0 Å². The summed E-state index contributed by atoms with van der Waals surface area (Å²) in [5.41, 5.74) is -0.397. The largest absolute Gasteiger partial charge is 0.506 e. The van der Waals surface area contributed by atoms with Crippen molar-refractivity contribution in [3.05, 3.63) is 36.0 Å². The first-order chi connectivity index (χ1) is 12.7. The van der Waals surface area contributed by atoms with Crippen LogP contribution in [0.4, 0.5) is 10.5 Å². The Morgan fingerprint density at radius 3 is 2.41 bits per heavy atom. The molecule has 2 amide bonds. The molecule has 0 aromatic heterocycles. The lowest BCUT2D eigenvalue weighted by Gasteiger charge is -2.35. The molecule has 0 atom stereocenters. The quantitative estimate of drug-likeness (QED) is 0.479. The molecule has 0 bridgehead atoms. The molecule has 8 heteroatoms. The Morgan fingerprint density at radius 2 is 1.85 bits per heavy atom. The van der Waals surface area contributed by atoms with Crippen molar-refractivity contribution in [2.24, 2.45) is 0 Å². The molecule has 2 rings (SSSR count). The maximum absolute atomic E-state index is 12.3. The Labute approximate surface area is 158 Å². The van der Waals surface area contributed by atoms with Gasteiger partial charge in [-0.2, -0.15) is 5.26 Å². The molecule has 1 saturated heterocycles. The van der Waals surface area contributed by atoms with E-state index in [-0.39, 0.29) is 23.1 Å². The number of aromatic hydroxyl groups is 1. The van der Waals surface area contributed by atoms with E-state index in [1.54, 1.807) is 23.1 Å². The highest BCUT2D eigenvalue weighted by Crippen LogP contribution is 2.22. The molecule has 0 aliphatic carbocycles. The van der Waals surface area contributed by atoms with Crippen LogP contribution in [0.3, 0.4) is 0 Å². The molecule has 1 fully saturated rings. The van der Waals surface area contributed by atoms with Crippen molar-refractivity contribution in [3.8, 4) is 11.8 Å². The van der Waals surface area contributed by atoms with E-state index in [1.807, 2.05) is 31.7 Å². The van der Waals surface area contributed by atoms with Gasteiger partial charge in [-0.05, 0) is 32.9 Å². The van der Waals surface area contributed by atoms with Gasteiger partial charge in [-0.25, -0.2) is 4.79 Å². The lowest BCUT2D eigenvalue weighted by Crippen LogP contribution is -2.48. The van der Waals surface area contributed by atoms with Crippen molar-refractivity contribution in [2.75, 3.05) is 31.5 Å². The lowest BCUT2D eigenvalue weighted by atomic mass is 10.2. The third-order valence-electron chi connectivity index (χ3n) is 3.79. The van der Waals surface area contributed by atoms with Gasteiger partial charge in [0.05, 0.1) is 5.69 Å². The van der Waals surface area contributed by atoms with Crippen molar-refractivity contribution in [1.29, 1.82) is 5.26 Å². The summed E-state index contributed by atoms with van der Waals surface area (Å²) in [7, 11) is 0. The second-order valence-corrected chi connectivity index (χ2v) is 7.13. The van der Waals surface area contributed by atoms with E-state index < -0.39 is 11.5 Å². The number of piperazine rings is 1. The summed E-state index contributed by atoms with van der Waals surface area (Å²) in [5.74, 6) is -0.678. The van der Waals surface area contributed by atoms with Gasteiger partial charge in [-0.15, -0.1) is 0 Å². The zero-order valence-electron chi connectivity index (χ0n) is 15.7. The van der Waals surface area contributed by atoms with Crippen LogP contribution in [0.25, 0.3) is 0 Å². The minimum Gasteiger partial charge on any atom is -0.506 e. The van der Waals surface area contributed by atoms with Crippen molar-refractivity contribution in [1.82, 2.24) is 9.80 Å². The summed E-state index contributed by atoms with van der Waals surface area (Å²) >= 11 is 0. The minimum atomic E-state index is -0.603. The number of nitrogens with zero attached hydrogens (tertiary/aromatic N) is 3. The lowest BCUT2D eigenvalue weighted by molar-refractivity contribution is -0.112. The van der Waals surface area contributed by atoms with E-state index in [0.29, 0.717) is 26.2 Å². The third kappa shape index (κ3) is 5.92. The molecule has 1 aliphatic rings. The number of nitrogens with one attached hydrogen (secondary N) is 1. The first-order valence-corrected chi connectivity index (χ1v) is 8.63. The number of nitriles is 1. The first kappa shape index (κ1) is 20.1. The Bertz CT molecular complexity index is 769. The van der Waals surface area contributed by atoms with Gasteiger partial charge in [0.2, 0.25) is 0 Å². The fourth-order valence-corrected chi connectivity index (χ4v) is 2.45. The smallest absolute Gasteiger partial charge is 0.410 e. The second-order valence-electron chi connectivity index (χ2n) is 7.13. The number of phenolic OH excluding ortho intramolecular Hbond substituents is 1. The van der Waals surface area contributed by atoms with Crippen LogP contribution in [0.2, 0.25) is 0 Å². The number of benzene rings is 1. The van der Waals surface area contributed by atoms with Crippen molar-refractivity contribution in [3.63, 3.8) is 0 Å². The molecule has 1 heterocycles. The molecule has 144 valence electrons. The van der Waals surface area contributed by atoms with E-state index in [2.05, 4.69) is 5.32 Å². The number of amides is 2. The van der Waals surface area contributed by atoms with Crippen LogP contribution >= 0.6 is 0 Å². The number of rotatable bonds is 3. The summed E-state index contributed by atoms with van der Waals surface area (Å²) in [4.78, 5) is 27.8. The van der Waals surface area contributed by atoms with E-state index in [0.717, 1.165) is 0 Å². The van der Waals surface area contributed by atoms with Crippen LogP contribution in [0.15, 0.2) is 36.0 Å². The highest BCUT2D eigenvalue weighted by Gasteiger charge is 2.25. The predicted octanol–water partition coefficient (Wildman–Crippen LogP) is 2.29. The van der Waals surface area contributed by atoms with Gasteiger partial charge in [0.15, 0.2) is 0 Å². The van der Waals surface area contributed by atoms with Gasteiger partial charge in [-0.3, -0.25) is 4.79 Å². The fraction of sp³-hybridized carbons (Fsp3) is 0.421. The average Bonchev–Trinajstić information content (AvgIpc) is 2.60. The van der Waals surface area contributed by atoms with E-state index in [1.165, 1.54) is 12.3 Å². The van der Waals surface area contributed by atoms with Gasteiger partial charge in [0.25, 0.3) is 5.91 Å². The number of carbonyl (C=O) groups excluding carboxylic acids is 2. The number of phenols is 1. The SMILES string of the molecule is CC(C)(C)OC(=O)N1CCN(/C=C(/C#N)C(=O)Nc2ccccc2O)CC1. The summed E-state index contributed by atoms with van der Waals surface area (Å²) in [6.07, 6.45) is 1.10. The maximum Gasteiger partial charge on any atom is 0.410 e. The molecule has 0 spiro atoms. The van der Waals surface area contributed by atoms with Gasteiger partial charge >= 0.3 is 6.09 Å². The van der Waals surface area contributed by atoms with Gasteiger partial charge < -0.3 is 25.0 Å². The number of para-hydroxylation sites is 2. The zero-order chi connectivity index (χ0) is 20.0. The highest BCUT2D eigenvalue weighted by atomic mass is 16.6. The normalized spacial score (nSPS) is 15.1. The topological polar surface area (TPSA) is 106 Å². The molecule has 27 heavy (non-hydrogen) atoms. The standard InChI is InChI=1S/C19H24N4O4/c1-19(2,3)27-18(26)23-10-8-22(9-11-23)13-14(12-20)17(25)21-15-6-4-5-7-16(15)24/h4-7,13,24H,8-11H2,1-3H3,(H,21,25)/b14-13-. The molecule has 1 aromatic rings. The molecule has 0 unspecified atom stereocenters. The van der Waals surface area contributed by atoms with Crippen molar-refractivity contribution in [2.45, 2.75) is 26.4 Å². The Hall–Kier alpha value is -3.21. The summed E-state index contributed by atoms with van der Waals surface area (Å²) in [6.45, 7) is 7.27. The van der Waals surface area contributed by atoms with Gasteiger partial charge in [0.1, 0.15) is 23.0 Å². The van der Waals surface area contributed by atoms with Crippen LogP contribution in [0.1, 0.15) is 20.8 Å². The van der Waals surface area contributed by atoms with Crippen LogP contribution in [-0.4, -0.2) is 58.7 Å². The molecule has 8 nitrogen and oxygen atoms in total. The summed E-state index contributed by atoms with van der Waals surface area (Å²) in [5, 5.41) is 21.5. The molecular weight excluding hydrogens is 348 g/mol. The van der Waals surface area contributed by atoms with Crippen LogP contribution in [0.5, 0.6) is 5.75 Å². The second kappa shape index (κ2) is 8.45. The Balaban J connectivity index is 1.95. The Kier molecular flexibility index (Phi) is 6.29. The van der Waals surface area contributed by atoms with Crippen LogP contribution in [-0.2, 0) is 9.53 Å². The number of carbonyl (C=O) groups is 2. The van der Waals surface area contributed by atoms with Crippen LogP contribution < -0.4 is 5.32 Å². The monoisotopic (exact) mass is 372 g/mol. The minimum absolute atomic E-state index is 0.0749. The number of hydrogen-bond donors (Lipinski definition) is 2. The average molecular weight is 372 g/mol. The van der Waals surface area contributed by atoms with Crippen molar-refractivity contribution < 1.29 is 19.4 Å². The zero-order valence-corrected chi connectivity index (χ0v) is 15.7. The maximum atomic E-state index is 12.3. The number of ether oxygens (including phenoxy) is 1. The Morgan fingerprint density at radius 1 is 1.22 bits per heavy atom. The molecule has 1 aliphatic heterocycles. The van der Waals surface area contributed by atoms with E-state index in [4.69, 9.17) is 4.74 Å². The van der Waals surface area contributed by atoms with Gasteiger partial charge in [0, 0.05) is 32.4 Å². The molecule has 1 aromatic carbocycles. The third-order valence-corrected chi connectivity index (χ3v) is 3.79. The molecule has 2 N–H and O–H groups in total. The number of hydrogen-bond acceptors (Lipinski definition) is 6. The van der Waals surface area contributed by atoms with E-state index in [9.17, 15) is 20.0 Å². The molecule has 0 saturated carbocycles. The van der Waals surface area contributed by atoms with Crippen LogP contribution in [0, 0.1) is 11.3 Å². The van der Waals surface area contributed by atoms with Gasteiger partial charge in [-0.1, -0.05) is 12.1 Å². The summed E-state index contributed by atoms with van der Waals surface area (Å²) in [6, 6.07) is 8.17.